The van der Waals surface area contributed by atoms with Gasteiger partial charge in [0.1, 0.15) is 6.54 Å². The number of quaternary nitrogens is 1. The minimum atomic E-state index is -1.59. The van der Waals surface area contributed by atoms with E-state index >= 15 is 0 Å². The standard InChI is InChI=1S/C15H15F3N2OS/c1-2-20(8-10-4-3-7-22-10)9-13(21)19-12-6-5-11(16)14(17)15(12)18/h3-7H,2,8-9H2,1H3,(H,19,21)/p+1. The molecule has 0 fully saturated rings. The lowest BCUT2D eigenvalue weighted by Crippen LogP contribution is -3.11. The highest BCUT2D eigenvalue weighted by atomic mass is 32.1. The highest BCUT2D eigenvalue weighted by Crippen LogP contribution is 2.19. The zero-order chi connectivity index (χ0) is 16.1. The molecule has 0 bridgehead atoms. The van der Waals surface area contributed by atoms with Crippen LogP contribution in [0.25, 0.3) is 0 Å². The van der Waals surface area contributed by atoms with Gasteiger partial charge in [-0.05, 0) is 30.5 Å². The Balaban J connectivity index is 1.98. The number of likely N-dealkylation sites (N-methyl/N-ethyl adjacent to an activating group) is 1. The first-order chi connectivity index (χ1) is 10.5. The fourth-order valence-electron chi connectivity index (χ4n) is 2.02. The molecule has 2 rings (SSSR count). The molecule has 118 valence electrons. The Morgan fingerprint density at radius 3 is 2.64 bits per heavy atom. The first-order valence-electron chi connectivity index (χ1n) is 6.80. The van der Waals surface area contributed by atoms with Crippen LogP contribution >= 0.6 is 11.3 Å². The van der Waals surface area contributed by atoms with Crippen molar-refractivity contribution in [1.82, 2.24) is 0 Å². The molecule has 1 aromatic heterocycles. The highest BCUT2D eigenvalue weighted by Gasteiger charge is 2.18. The minimum Gasteiger partial charge on any atom is -0.323 e. The largest absolute Gasteiger partial charge is 0.323 e. The van der Waals surface area contributed by atoms with Gasteiger partial charge >= 0.3 is 0 Å². The Hall–Kier alpha value is -1.86. The second-order valence-electron chi connectivity index (χ2n) is 4.81. The summed E-state index contributed by atoms with van der Waals surface area (Å²) in [7, 11) is 0. The van der Waals surface area contributed by atoms with Crippen LogP contribution < -0.4 is 10.2 Å². The van der Waals surface area contributed by atoms with E-state index < -0.39 is 23.4 Å². The molecule has 0 saturated heterocycles. The smallest absolute Gasteiger partial charge is 0.279 e. The molecule has 0 aliphatic rings. The monoisotopic (exact) mass is 329 g/mol. The van der Waals surface area contributed by atoms with Crippen LogP contribution in [0.4, 0.5) is 18.9 Å². The normalized spacial score (nSPS) is 12.2. The molecule has 7 heteroatoms. The number of carbonyl (C=O) groups is 1. The molecule has 0 aliphatic heterocycles. The topological polar surface area (TPSA) is 33.5 Å². The van der Waals surface area contributed by atoms with Crippen LogP contribution in [0.5, 0.6) is 0 Å². The van der Waals surface area contributed by atoms with Crippen LogP contribution in [-0.4, -0.2) is 19.0 Å². The average molecular weight is 329 g/mol. The number of carbonyl (C=O) groups excluding carboxylic acids is 1. The van der Waals surface area contributed by atoms with Gasteiger partial charge in [-0.15, -0.1) is 11.3 Å². The van der Waals surface area contributed by atoms with Crippen molar-refractivity contribution < 1.29 is 22.9 Å². The van der Waals surface area contributed by atoms with Gasteiger partial charge in [-0.25, -0.2) is 13.2 Å². The first kappa shape index (κ1) is 16.5. The predicted molar refractivity (Wildman–Crippen MR) is 79.3 cm³/mol. The van der Waals surface area contributed by atoms with Crippen molar-refractivity contribution in [1.29, 1.82) is 0 Å². The molecular weight excluding hydrogens is 313 g/mol. The van der Waals surface area contributed by atoms with Gasteiger partial charge in [0, 0.05) is 0 Å². The minimum absolute atomic E-state index is 0.118. The van der Waals surface area contributed by atoms with Crippen LogP contribution in [0.1, 0.15) is 11.8 Å². The molecule has 2 aromatic rings. The van der Waals surface area contributed by atoms with E-state index in [1.807, 2.05) is 24.4 Å². The third-order valence-corrected chi connectivity index (χ3v) is 4.10. The van der Waals surface area contributed by atoms with Crippen molar-refractivity contribution in [3.63, 3.8) is 0 Å². The number of thiophene rings is 1. The molecule has 1 heterocycles. The Morgan fingerprint density at radius 2 is 2.00 bits per heavy atom. The van der Waals surface area contributed by atoms with Gasteiger partial charge in [0.2, 0.25) is 0 Å². The van der Waals surface area contributed by atoms with Gasteiger partial charge in [0.25, 0.3) is 5.91 Å². The van der Waals surface area contributed by atoms with Crippen molar-refractivity contribution in [2.45, 2.75) is 13.5 Å². The molecule has 0 spiro atoms. The van der Waals surface area contributed by atoms with Crippen molar-refractivity contribution in [3.8, 4) is 0 Å². The van der Waals surface area contributed by atoms with E-state index in [1.165, 1.54) is 0 Å². The number of nitrogens with one attached hydrogen (secondary N) is 2. The lowest BCUT2D eigenvalue weighted by atomic mass is 10.2. The van der Waals surface area contributed by atoms with E-state index in [9.17, 15) is 18.0 Å². The third-order valence-electron chi connectivity index (χ3n) is 3.22. The quantitative estimate of drug-likeness (QED) is 0.783. The summed E-state index contributed by atoms with van der Waals surface area (Å²) >= 11 is 1.60. The van der Waals surface area contributed by atoms with Gasteiger partial charge < -0.3 is 10.2 Å². The number of rotatable bonds is 6. The SMILES string of the molecule is CC[NH+](CC(=O)Nc1ccc(F)c(F)c1F)Cc1cccs1. The van der Waals surface area contributed by atoms with Gasteiger partial charge in [-0.2, -0.15) is 0 Å². The highest BCUT2D eigenvalue weighted by molar-refractivity contribution is 7.09. The first-order valence-corrected chi connectivity index (χ1v) is 7.68. The Labute approximate surface area is 130 Å². The fraction of sp³-hybridized carbons (Fsp3) is 0.267. The molecule has 1 unspecified atom stereocenters. The summed E-state index contributed by atoms with van der Waals surface area (Å²) in [6, 6.07) is 5.71. The maximum Gasteiger partial charge on any atom is 0.279 e. The summed E-state index contributed by atoms with van der Waals surface area (Å²) < 4.78 is 39.5. The Morgan fingerprint density at radius 1 is 1.23 bits per heavy atom. The molecule has 0 radical (unpaired) electrons. The zero-order valence-corrected chi connectivity index (χ0v) is 12.8. The molecular formula is C15H16F3N2OS+. The van der Waals surface area contributed by atoms with E-state index in [-0.39, 0.29) is 12.2 Å². The number of halogens is 3. The number of hydrogen-bond acceptors (Lipinski definition) is 2. The van der Waals surface area contributed by atoms with E-state index in [2.05, 4.69) is 5.32 Å². The van der Waals surface area contributed by atoms with E-state index in [0.29, 0.717) is 13.1 Å². The maximum absolute atomic E-state index is 13.5. The molecule has 1 aromatic carbocycles. The molecule has 0 aliphatic carbocycles. The number of benzene rings is 1. The van der Waals surface area contributed by atoms with E-state index in [4.69, 9.17) is 0 Å². The molecule has 22 heavy (non-hydrogen) atoms. The number of anilines is 1. The lowest BCUT2D eigenvalue weighted by Gasteiger charge is -2.16. The summed E-state index contributed by atoms with van der Waals surface area (Å²) in [4.78, 5) is 14.1. The molecule has 1 atom stereocenters. The van der Waals surface area contributed by atoms with Crippen LogP contribution in [0.2, 0.25) is 0 Å². The number of hydrogen-bond donors (Lipinski definition) is 2. The van der Waals surface area contributed by atoms with Gasteiger partial charge in [-0.3, -0.25) is 4.79 Å². The molecule has 2 N–H and O–H groups in total. The molecule has 3 nitrogen and oxygen atoms in total. The Kier molecular flexibility index (Phi) is 5.57. The van der Waals surface area contributed by atoms with Crippen LogP contribution in [0.3, 0.4) is 0 Å². The summed E-state index contributed by atoms with van der Waals surface area (Å²) in [5.41, 5.74) is -0.351. The van der Waals surface area contributed by atoms with Gasteiger partial charge in [0.15, 0.2) is 24.0 Å². The van der Waals surface area contributed by atoms with Crippen LogP contribution in [0, 0.1) is 17.5 Å². The second kappa shape index (κ2) is 7.42. The summed E-state index contributed by atoms with van der Waals surface area (Å²) in [5, 5.41) is 4.24. The van der Waals surface area contributed by atoms with Crippen LogP contribution in [0.15, 0.2) is 29.6 Å². The molecule has 0 saturated carbocycles. The van der Waals surface area contributed by atoms with Crippen molar-refractivity contribution in [3.05, 3.63) is 52.0 Å². The number of amides is 1. The summed E-state index contributed by atoms with van der Waals surface area (Å²) in [6.45, 7) is 3.45. The van der Waals surface area contributed by atoms with Crippen molar-refractivity contribution in [2.75, 3.05) is 18.4 Å². The average Bonchev–Trinajstić information content (AvgIpc) is 3.00. The van der Waals surface area contributed by atoms with E-state index in [1.54, 1.807) is 11.3 Å². The third kappa shape index (κ3) is 4.08. The van der Waals surface area contributed by atoms with Gasteiger partial charge in [0.05, 0.1) is 17.1 Å². The van der Waals surface area contributed by atoms with Crippen molar-refractivity contribution in [2.24, 2.45) is 0 Å². The van der Waals surface area contributed by atoms with Gasteiger partial charge in [-0.1, -0.05) is 6.07 Å². The zero-order valence-electron chi connectivity index (χ0n) is 12.0. The van der Waals surface area contributed by atoms with Crippen LogP contribution in [-0.2, 0) is 11.3 Å². The maximum atomic E-state index is 13.5. The van der Waals surface area contributed by atoms with Crippen molar-refractivity contribution >= 4 is 22.9 Å². The Bertz CT molecular complexity index is 646. The molecule has 1 amide bonds. The second-order valence-corrected chi connectivity index (χ2v) is 5.84. The lowest BCUT2D eigenvalue weighted by molar-refractivity contribution is -0.903. The summed E-state index contributed by atoms with van der Waals surface area (Å²) in [6.07, 6.45) is 0. The summed E-state index contributed by atoms with van der Waals surface area (Å²) in [5.74, 6) is -4.70. The predicted octanol–water partition coefficient (Wildman–Crippen LogP) is 2.21. The fourth-order valence-corrected chi connectivity index (χ4v) is 2.79. The van der Waals surface area contributed by atoms with E-state index in [0.717, 1.165) is 21.9 Å².